The lowest BCUT2D eigenvalue weighted by Gasteiger charge is -2.24. The second-order valence-electron chi connectivity index (χ2n) is 4.93. The van der Waals surface area contributed by atoms with Crippen molar-refractivity contribution in [2.24, 2.45) is 0 Å². The van der Waals surface area contributed by atoms with Crippen LogP contribution in [0.15, 0.2) is 30.6 Å². The van der Waals surface area contributed by atoms with Gasteiger partial charge in [-0.1, -0.05) is 17.7 Å². The molecule has 0 spiro atoms. The highest BCUT2D eigenvalue weighted by atomic mass is 35.5. The van der Waals surface area contributed by atoms with Crippen LogP contribution < -0.4 is 4.90 Å². The van der Waals surface area contributed by atoms with Gasteiger partial charge >= 0.3 is 0 Å². The lowest BCUT2D eigenvalue weighted by molar-refractivity contribution is 0.194. The number of halogens is 3. The fourth-order valence-corrected chi connectivity index (χ4v) is 2.62. The van der Waals surface area contributed by atoms with E-state index in [-0.39, 0.29) is 6.04 Å². The Hall–Kier alpha value is -1.79. The Balaban J connectivity index is 1.95. The van der Waals surface area contributed by atoms with E-state index in [1.807, 2.05) is 0 Å². The molecule has 2 aromatic rings. The van der Waals surface area contributed by atoms with E-state index in [4.69, 9.17) is 11.6 Å². The molecule has 1 aromatic heterocycles. The minimum atomic E-state index is -0.911. The molecule has 0 saturated carbocycles. The Bertz CT molecular complexity index is 653. The first-order valence-electron chi connectivity index (χ1n) is 6.42. The largest absolute Gasteiger partial charge is 0.391 e. The number of β-amino-alcohol motifs (C(OH)–C–C–N with tert-alkyl or cyclic N) is 1. The second-order valence-corrected chi connectivity index (χ2v) is 5.37. The quantitative estimate of drug-likeness (QED) is 0.926. The summed E-state index contributed by atoms with van der Waals surface area (Å²) in [5.74, 6) is -1.41. The summed E-state index contributed by atoms with van der Waals surface area (Å²) in [4.78, 5) is 9.99. The van der Waals surface area contributed by atoms with Gasteiger partial charge in [-0.05, 0) is 24.1 Å². The number of nitrogens with zero attached hydrogens (tertiary/aromatic N) is 3. The van der Waals surface area contributed by atoms with Crippen molar-refractivity contribution in [1.29, 1.82) is 0 Å². The van der Waals surface area contributed by atoms with Gasteiger partial charge in [-0.25, -0.2) is 18.7 Å². The molecule has 2 atom stereocenters. The summed E-state index contributed by atoms with van der Waals surface area (Å²) in [6, 6.07) is 3.41. The van der Waals surface area contributed by atoms with Crippen LogP contribution in [-0.4, -0.2) is 27.7 Å². The van der Waals surface area contributed by atoms with Crippen LogP contribution in [0.25, 0.3) is 0 Å². The van der Waals surface area contributed by atoms with Crippen LogP contribution in [0.3, 0.4) is 0 Å². The molecule has 2 heterocycles. The number of hydrogen-bond acceptors (Lipinski definition) is 4. The first kappa shape index (κ1) is 14.2. The predicted octanol–water partition coefficient (Wildman–Crippen LogP) is 2.72. The first-order chi connectivity index (χ1) is 10.0. The topological polar surface area (TPSA) is 49.2 Å². The molecule has 1 aliphatic rings. The molecule has 0 radical (unpaired) electrons. The zero-order chi connectivity index (χ0) is 15.0. The minimum Gasteiger partial charge on any atom is -0.391 e. The highest BCUT2D eigenvalue weighted by molar-refractivity contribution is 6.30. The lowest BCUT2D eigenvalue weighted by atomic mass is 10.0. The molecule has 0 unspecified atom stereocenters. The molecule has 1 aromatic carbocycles. The number of benzene rings is 1. The summed E-state index contributed by atoms with van der Waals surface area (Å²) in [5.41, 5.74) is 0.573. The molecule has 0 bridgehead atoms. The Morgan fingerprint density at radius 1 is 1.19 bits per heavy atom. The summed E-state index contributed by atoms with van der Waals surface area (Å²) in [7, 11) is 0. The van der Waals surface area contributed by atoms with E-state index >= 15 is 0 Å². The van der Waals surface area contributed by atoms with E-state index in [0.29, 0.717) is 29.5 Å². The number of rotatable bonds is 2. The molecule has 1 N–H and O–H groups in total. The fourth-order valence-electron chi connectivity index (χ4n) is 2.52. The standard InChI is InChI=1S/C14H12ClF2N3O/c15-9-5-18-14(19-6-9)20-7-10(21)4-13(20)8-1-2-11(16)12(17)3-8/h1-3,5-6,10,13,21H,4,7H2/t10-,13-/m1/s1. The molecule has 7 heteroatoms. The van der Waals surface area contributed by atoms with Crippen LogP contribution >= 0.6 is 11.6 Å². The van der Waals surface area contributed by atoms with Gasteiger partial charge in [-0.3, -0.25) is 0 Å². The average molecular weight is 312 g/mol. The van der Waals surface area contributed by atoms with Gasteiger partial charge in [0.1, 0.15) is 0 Å². The Morgan fingerprint density at radius 2 is 1.90 bits per heavy atom. The van der Waals surface area contributed by atoms with E-state index < -0.39 is 17.7 Å². The first-order valence-corrected chi connectivity index (χ1v) is 6.79. The van der Waals surface area contributed by atoms with E-state index in [2.05, 4.69) is 9.97 Å². The molecule has 0 aliphatic carbocycles. The molecule has 1 aliphatic heterocycles. The van der Waals surface area contributed by atoms with Gasteiger partial charge in [-0.15, -0.1) is 0 Å². The minimum absolute atomic E-state index is 0.309. The average Bonchev–Trinajstić information content (AvgIpc) is 2.85. The molecular weight excluding hydrogens is 300 g/mol. The lowest BCUT2D eigenvalue weighted by Crippen LogP contribution is -2.26. The van der Waals surface area contributed by atoms with Gasteiger partial charge < -0.3 is 10.0 Å². The zero-order valence-corrected chi connectivity index (χ0v) is 11.6. The summed E-state index contributed by atoms with van der Waals surface area (Å²) >= 11 is 5.75. The SMILES string of the molecule is O[C@@H]1C[C@H](c2ccc(F)c(F)c2)N(c2ncc(Cl)cn2)C1. The zero-order valence-electron chi connectivity index (χ0n) is 10.9. The van der Waals surface area contributed by atoms with E-state index in [0.717, 1.165) is 12.1 Å². The second kappa shape index (κ2) is 5.54. The van der Waals surface area contributed by atoms with Crippen LogP contribution in [-0.2, 0) is 0 Å². The maximum atomic E-state index is 13.4. The third-order valence-electron chi connectivity index (χ3n) is 3.47. The van der Waals surface area contributed by atoms with Crippen LogP contribution in [0.1, 0.15) is 18.0 Å². The normalized spacial score (nSPS) is 21.8. The van der Waals surface area contributed by atoms with Gasteiger partial charge in [0.05, 0.1) is 29.6 Å². The van der Waals surface area contributed by atoms with Crippen LogP contribution in [0, 0.1) is 11.6 Å². The number of aromatic nitrogens is 2. The third kappa shape index (κ3) is 2.82. The van der Waals surface area contributed by atoms with E-state index in [1.54, 1.807) is 4.90 Å². The highest BCUT2D eigenvalue weighted by Crippen LogP contribution is 2.35. The van der Waals surface area contributed by atoms with Crippen LogP contribution in [0.5, 0.6) is 0 Å². The van der Waals surface area contributed by atoms with Gasteiger partial charge in [0.15, 0.2) is 11.6 Å². The summed E-state index contributed by atoms with van der Waals surface area (Å²) in [6.07, 6.45) is 2.73. The van der Waals surface area contributed by atoms with Crippen molar-refractivity contribution in [3.63, 3.8) is 0 Å². The summed E-state index contributed by atoms with van der Waals surface area (Å²) in [5, 5.41) is 10.3. The molecular formula is C14H12ClF2N3O. The molecule has 3 rings (SSSR count). The maximum absolute atomic E-state index is 13.4. The Labute approximate surface area is 125 Å². The van der Waals surface area contributed by atoms with Crippen molar-refractivity contribution in [2.75, 3.05) is 11.4 Å². The number of anilines is 1. The fraction of sp³-hybridized carbons (Fsp3) is 0.286. The molecule has 1 fully saturated rings. The summed E-state index contributed by atoms with van der Waals surface area (Å²) < 4.78 is 26.5. The van der Waals surface area contributed by atoms with Gasteiger partial charge in [0, 0.05) is 6.54 Å². The predicted molar refractivity (Wildman–Crippen MR) is 74.1 cm³/mol. The smallest absolute Gasteiger partial charge is 0.225 e. The van der Waals surface area contributed by atoms with E-state index in [9.17, 15) is 13.9 Å². The van der Waals surface area contributed by atoms with Crippen molar-refractivity contribution in [3.8, 4) is 0 Å². The third-order valence-corrected chi connectivity index (χ3v) is 3.67. The van der Waals surface area contributed by atoms with Crippen molar-refractivity contribution in [3.05, 3.63) is 52.8 Å². The maximum Gasteiger partial charge on any atom is 0.225 e. The molecule has 4 nitrogen and oxygen atoms in total. The number of aliphatic hydroxyl groups is 1. The number of aliphatic hydroxyl groups excluding tert-OH is 1. The van der Waals surface area contributed by atoms with Crippen molar-refractivity contribution >= 4 is 17.5 Å². The van der Waals surface area contributed by atoms with Crippen LogP contribution in [0.2, 0.25) is 5.02 Å². The van der Waals surface area contributed by atoms with Crippen LogP contribution in [0.4, 0.5) is 14.7 Å². The van der Waals surface area contributed by atoms with Crippen molar-refractivity contribution in [2.45, 2.75) is 18.6 Å². The Morgan fingerprint density at radius 3 is 2.57 bits per heavy atom. The van der Waals surface area contributed by atoms with Gasteiger partial charge in [0.2, 0.25) is 5.95 Å². The van der Waals surface area contributed by atoms with Gasteiger partial charge in [-0.2, -0.15) is 0 Å². The summed E-state index contributed by atoms with van der Waals surface area (Å²) in [6.45, 7) is 0.325. The molecule has 0 amide bonds. The van der Waals surface area contributed by atoms with Crippen molar-refractivity contribution in [1.82, 2.24) is 9.97 Å². The monoisotopic (exact) mass is 311 g/mol. The molecule has 1 saturated heterocycles. The Kier molecular flexibility index (Phi) is 3.73. The van der Waals surface area contributed by atoms with E-state index in [1.165, 1.54) is 18.5 Å². The molecule has 110 valence electrons. The highest BCUT2D eigenvalue weighted by Gasteiger charge is 2.34. The van der Waals surface area contributed by atoms with Crippen molar-refractivity contribution < 1.29 is 13.9 Å². The molecule has 21 heavy (non-hydrogen) atoms. The van der Waals surface area contributed by atoms with Gasteiger partial charge in [0.25, 0.3) is 0 Å². The number of hydrogen-bond donors (Lipinski definition) is 1.